The number of nitrogen functional groups attached to an aromatic ring is 1. The standard InChI is InChI=1S/C15H9BrF2N2O/c16-8-5-11(17)15(18)14(6-8)21-13-3-4-20-12-7-9(19)1-2-10(12)13/h1-7H,19H2. The van der Waals surface area contributed by atoms with Crippen molar-refractivity contribution < 1.29 is 13.5 Å². The van der Waals surface area contributed by atoms with Crippen molar-refractivity contribution >= 4 is 32.5 Å². The first-order valence-corrected chi connectivity index (χ1v) is 6.80. The van der Waals surface area contributed by atoms with E-state index < -0.39 is 11.6 Å². The van der Waals surface area contributed by atoms with Gasteiger partial charge in [-0.1, -0.05) is 15.9 Å². The highest BCUT2D eigenvalue weighted by atomic mass is 79.9. The normalized spacial score (nSPS) is 10.8. The fourth-order valence-corrected chi connectivity index (χ4v) is 2.36. The van der Waals surface area contributed by atoms with Gasteiger partial charge < -0.3 is 10.5 Å². The maximum Gasteiger partial charge on any atom is 0.201 e. The molecule has 0 fully saturated rings. The molecule has 6 heteroatoms. The zero-order chi connectivity index (χ0) is 15.0. The smallest absolute Gasteiger partial charge is 0.201 e. The maximum absolute atomic E-state index is 13.8. The Morgan fingerprint density at radius 3 is 2.67 bits per heavy atom. The van der Waals surface area contributed by atoms with Gasteiger partial charge in [-0.25, -0.2) is 4.39 Å². The number of aromatic nitrogens is 1. The fourth-order valence-electron chi connectivity index (χ4n) is 1.95. The van der Waals surface area contributed by atoms with E-state index in [4.69, 9.17) is 10.5 Å². The quantitative estimate of drug-likeness (QED) is 0.540. The lowest BCUT2D eigenvalue weighted by Crippen LogP contribution is -1.94. The lowest BCUT2D eigenvalue weighted by atomic mass is 10.2. The number of fused-ring (bicyclic) bond motifs is 1. The Kier molecular flexibility index (Phi) is 3.47. The molecule has 0 aliphatic carbocycles. The van der Waals surface area contributed by atoms with Gasteiger partial charge in [-0.15, -0.1) is 0 Å². The minimum atomic E-state index is -1.04. The van der Waals surface area contributed by atoms with Crippen LogP contribution in [-0.4, -0.2) is 4.98 Å². The minimum absolute atomic E-state index is 0.203. The van der Waals surface area contributed by atoms with Crippen LogP contribution in [0.1, 0.15) is 0 Å². The molecule has 0 spiro atoms. The Morgan fingerprint density at radius 1 is 1.05 bits per heavy atom. The molecule has 2 aromatic carbocycles. The minimum Gasteiger partial charge on any atom is -0.453 e. The first-order valence-electron chi connectivity index (χ1n) is 6.01. The number of halogens is 3. The van der Waals surface area contributed by atoms with Gasteiger partial charge in [0, 0.05) is 21.7 Å². The summed E-state index contributed by atoms with van der Waals surface area (Å²) in [6.07, 6.45) is 1.52. The van der Waals surface area contributed by atoms with Gasteiger partial charge in [0.1, 0.15) is 5.75 Å². The molecule has 0 saturated carbocycles. The van der Waals surface area contributed by atoms with E-state index in [1.807, 2.05) is 0 Å². The first-order chi connectivity index (χ1) is 10.0. The molecular formula is C15H9BrF2N2O. The predicted octanol–water partition coefficient (Wildman–Crippen LogP) is 4.65. The predicted molar refractivity (Wildman–Crippen MR) is 80.3 cm³/mol. The van der Waals surface area contributed by atoms with Crippen LogP contribution in [0.4, 0.5) is 14.5 Å². The molecule has 0 bridgehead atoms. The zero-order valence-electron chi connectivity index (χ0n) is 10.6. The van der Waals surface area contributed by atoms with Crippen molar-refractivity contribution in [3.8, 4) is 11.5 Å². The number of nitrogens with two attached hydrogens (primary N) is 1. The van der Waals surface area contributed by atoms with E-state index in [0.29, 0.717) is 26.8 Å². The van der Waals surface area contributed by atoms with Crippen LogP contribution in [-0.2, 0) is 0 Å². The molecule has 3 nitrogen and oxygen atoms in total. The summed E-state index contributed by atoms with van der Waals surface area (Å²) in [5, 5.41) is 0.659. The van der Waals surface area contributed by atoms with E-state index in [2.05, 4.69) is 20.9 Å². The largest absolute Gasteiger partial charge is 0.453 e. The van der Waals surface area contributed by atoms with Crippen LogP contribution in [0.15, 0.2) is 47.1 Å². The second-order valence-corrected chi connectivity index (χ2v) is 5.30. The highest BCUT2D eigenvalue weighted by Crippen LogP contribution is 2.33. The monoisotopic (exact) mass is 350 g/mol. The van der Waals surface area contributed by atoms with Crippen LogP contribution >= 0.6 is 15.9 Å². The van der Waals surface area contributed by atoms with Crippen LogP contribution in [0.25, 0.3) is 10.9 Å². The van der Waals surface area contributed by atoms with E-state index in [-0.39, 0.29) is 5.75 Å². The Morgan fingerprint density at radius 2 is 1.86 bits per heavy atom. The molecule has 21 heavy (non-hydrogen) atoms. The summed E-state index contributed by atoms with van der Waals surface area (Å²) in [5.74, 6) is -1.86. The third kappa shape index (κ3) is 2.67. The number of nitrogens with zero attached hydrogens (tertiary/aromatic N) is 1. The number of rotatable bonds is 2. The van der Waals surface area contributed by atoms with Gasteiger partial charge in [0.2, 0.25) is 5.82 Å². The van der Waals surface area contributed by atoms with Crippen LogP contribution in [0.5, 0.6) is 11.5 Å². The number of hydrogen-bond donors (Lipinski definition) is 1. The molecule has 0 amide bonds. The van der Waals surface area contributed by atoms with E-state index in [1.165, 1.54) is 12.3 Å². The Labute approximate surface area is 127 Å². The summed E-state index contributed by atoms with van der Waals surface area (Å²) in [5.41, 5.74) is 6.87. The average Bonchev–Trinajstić information content (AvgIpc) is 2.44. The first kappa shape index (κ1) is 13.8. The summed E-state index contributed by atoms with van der Waals surface area (Å²) >= 11 is 3.10. The van der Waals surface area contributed by atoms with Gasteiger partial charge in [0.15, 0.2) is 11.6 Å². The van der Waals surface area contributed by atoms with Crippen LogP contribution in [0.3, 0.4) is 0 Å². The highest BCUT2D eigenvalue weighted by molar-refractivity contribution is 9.10. The molecular weight excluding hydrogens is 342 g/mol. The molecule has 0 radical (unpaired) electrons. The van der Waals surface area contributed by atoms with Gasteiger partial charge in [-0.05, 0) is 36.4 Å². The molecule has 1 heterocycles. The Balaban J connectivity index is 2.10. The van der Waals surface area contributed by atoms with Crippen molar-refractivity contribution in [3.63, 3.8) is 0 Å². The Bertz CT molecular complexity index is 839. The van der Waals surface area contributed by atoms with Crippen molar-refractivity contribution in [2.45, 2.75) is 0 Å². The number of ether oxygens (including phenoxy) is 1. The van der Waals surface area contributed by atoms with Crippen molar-refractivity contribution in [3.05, 3.63) is 58.7 Å². The van der Waals surface area contributed by atoms with Crippen LogP contribution in [0.2, 0.25) is 0 Å². The van der Waals surface area contributed by atoms with Gasteiger partial charge >= 0.3 is 0 Å². The summed E-state index contributed by atoms with van der Waals surface area (Å²) in [6.45, 7) is 0. The summed E-state index contributed by atoms with van der Waals surface area (Å²) in [4.78, 5) is 4.16. The number of benzene rings is 2. The van der Waals surface area contributed by atoms with Crippen LogP contribution < -0.4 is 10.5 Å². The zero-order valence-corrected chi connectivity index (χ0v) is 12.2. The summed E-state index contributed by atoms with van der Waals surface area (Å²) in [7, 11) is 0. The molecule has 0 aliphatic heterocycles. The topological polar surface area (TPSA) is 48.1 Å². The maximum atomic E-state index is 13.8. The third-order valence-corrected chi connectivity index (χ3v) is 3.36. The lowest BCUT2D eigenvalue weighted by Gasteiger charge is -2.10. The molecule has 0 unspecified atom stereocenters. The van der Waals surface area contributed by atoms with Gasteiger partial charge in [0.25, 0.3) is 0 Å². The van der Waals surface area contributed by atoms with E-state index in [0.717, 1.165) is 6.07 Å². The second kappa shape index (κ2) is 5.29. The molecule has 2 N–H and O–H groups in total. The summed E-state index contributed by atoms with van der Waals surface area (Å²) < 4.78 is 33.1. The average molecular weight is 351 g/mol. The molecule has 0 saturated heterocycles. The number of anilines is 1. The molecule has 3 rings (SSSR count). The fraction of sp³-hybridized carbons (Fsp3) is 0. The van der Waals surface area contributed by atoms with E-state index in [9.17, 15) is 8.78 Å². The number of pyridine rings is 1. The van der Waals surface area contributed by atoms with Crippen LogP contribution in [0, 0.1) is 11.6 Å². The third-order valence-electron chi connectivity index (χ3n) is 2.91. The summed E-state index contributed by atoms with van der Waals surface area (Å²) in [6, 6.07) is 9.07. The van der Waals surface area contributed by atoms with Gasteiger partial charge in [-0.3, -0.25) is 4.98 Å². The Hall–Kier alpha value is -2.21. The lowest BCUT2D eigenvalue weighted by molar-refractivity contribution is 0.418. The van der Waals surface area contributed by atoms with Gasteiger partial charge in [-0.2, -0.15) is 4.39 Å². The second-order valence-electron chi connectivity index (χ2n) is 4.39. The van der Waals surface area contributed by atoms with Crippen molar-refractivity contribution in [2.24, 2.45) is 0 Å². The molecule has 106 valence electrons. The van der Waals surface area contributed by atoms with Crippen molar-refractivity contribution in [1.82, 2.24) is 4.98 Å². The highest BCUT2D eigenvalue weighted by Gasteiger charge is 2.13. The van der Waals surface area contributed by atoms with Gasteiger partial charge in [0.05, 0.1) is 5.52 Å². The number of hydrogen-bond acceptors (Lipinski definition) is 3. The van der Waals surface area contributed by atoms with E-state index in [1.54, 1.807) is 24.3 Å². The van der Waals surface area contributed by atoms with Crippen molar-refractivity contribution in [1.29, 1.82) is 0 Å². The molecule has 3 aromatic rings. The molecule has 0 aliphatic rings. The molecule has 1 aromatic heterocycles. The SMILES string of the molecule is Nc1ccc2c(Oc3cc(Br)cc(F)c3F)ccnc2c1. The van der Waals surface area contributed by atoms with Crippen molar-refractivity contribution in [2.75, 3.05) is 5.73 Å². The molecule has 0 atom stereocenters. The van der Waals surface area contributed by atoms with E-state index >= 15 is 0 Å².